The lowest BCUT2D eigenvalue weighted by Crippen LogP contribution is -1.94. The average molecular weight is 661 g/mol. The molecule has 0 atom stereocenters. The quantitative estimate of drug-likeness (QED) is 0.176. The topological polar surface area (TPSA) is 51.6 Å². The summed E-state index contributed by atoms with van der Waals surface area (Å²) in [6, 6.07) is 58.1. The normalized spacial score (nSPS) is 11.8. The molecule has 0 fully saturated rings. The van der Waals surface area contributed by atoms with Crippen molar-refractivity contribution < 1.29 is 0 Å². The second-order valence-corrected chi connectivity index (χ2v) is 13.4. The van der Waals surface area contributed by atoms with Crippen LogP contribution in [0.4, 0.5) is 0 Å². The van der Waals surface area contributed by atoms with Crippen LogP contribution in [-0.4, -0.2) is 20.2 Å². The highest BCUT2D eigenvalue weighted by Gasteiger charge is 2.31. The molecule has 52 heavy (non-hydrogen) atoms. The minimum atomic E-state index is 0.726. The molecule has 0 saturated carbocycles. The summed E-state index contributed by atoms with van der Waals surface area (Å²) in [4.78, 5) is 9.63. The number of hydrogen-bond donors (Lipinski definition) is 0. The molecule has 0 unspecified atom stereocenters. The summed E-state index contributed by atoms with van der Waals surface area (Å²) in [6.07, 6.45) is 1.81. The monoisotopic (exact) mass is 660 g/mol. The second-order valence-electron chi connectivity index (χ2n) is 13.4. The molecule has 0 bridgehead atoms. The van der Waals surface area contributed by atoms with Crippen molar-refractivity contribution in [3.63, 3.8) is 0 Å². The number of aromatic nitrogens is 4. The molecule has 240 valence electrons. The van der Waals surface area contributed by atoms with Gasteiger partial charge in [0.1, 0.15) is 5.69 Å². The van der Waals surface area contributed by atoms with Gasteiger partial charge < -0.3 is 0 Å². The van der Waals surface area contributed by atoms with Crippen LogP contribution in [-0.2, 0) is 0 Å². The summed E-state index contributed by atoms with van der Waals surface area (Å²) in [5.74, 6) is 0. The molecule has 7 aromatic carbocycles. The van der Waals surface area contributed by atoms with Crippen LogP contribution in [0.25, 0.3) is 111 Å². The molecular weight excluding hydrogens is 633 g/mol. The molecule has 0 spiro atoms. The first kappa shape index (κ1) is 28.8. The summed E-state index contributed by atoms with van der Waals surface area (Å²) >= 11 is 0. The van der Waals surface area contributed by atoms with E-state index in [2.05, 4.69) is 151 Å². The number of nitrogens with zero attached hydrogens (tertiary/aromatic N) is 4. The Morgan fingerprint density at radius 3 is 1.58 bits per heavy atom. The lowest BCUT2D eigenvalue weighted by Gasteiger charge is -2.20. The average Bonchev–Trinajstić information content (AvgIpc) is 3.55. The molecule has 1 aliphatic carbocycles. The maximum Gasteiger partial charge on any atom is 0.111 e. The maximum absolute atomic E-state index is 5.00. The number of benzene rings is 7. The fourth-order valence-corrected chi connectivity index (χ4v) is 8.31. The Hall–Kier alpha value is -7.04. The fourth-order valence-electron chi connectivity index (χ4n) is 8.31. The van der Waals surface area contributed by atoms with Crippen LogP contribution in [0, 0.1) is 0 Å². The molecule has 0 radical (unpaired) electrons. The molecule has 11 rings (SSSR count). The molecule has 10 aromatic rings. The van der Waals surface area contributed by atoms with Crippen LogP contribution in [0.1, 0.15) is 0 Å². The summed E-state index contributed by atoms with van der Waals surface area (Å²) in [7, 11) is 0. The van der Waals surface area contributed by atoms with Crippen molar-refractivity contribution in [1.29, 1.82) is 0 Å². The Balaban J connectivity index is 1.11. The first-order chi connectivity index (χ1) is 25.8. The highest BCUT2D eigenvalue weighted by molar-refractivity contribution is 6.28. The number of hydrogen-bond acceptors (Lipinski definition) is 4. The smallest absolute Gasteiger partial charge is 0.111 e. The zero-order chi connectivity index (χ0) is 34.2. The third-order valence-electron chi connectivity index (χ3n) is 10.6. The molecule has 3 heterocycles. The number of pyridine rings is 2. The maximum atomic E-state index is 5.00. The van der Waals surface area contributed by atoms with E-state index in [4.69, 9.17) is 15.2 Å². The van der Waals surface area contributed by atoms with E-state index in [1.807, 2.05) is 24.4 Å². The minimum Gasteiger partial charge on any atom is -0.254 e. The standard InChI is InChI=1S/C48H28N4/c1-3-11-29(12-4-1)42-35-16-7-8-17-36(35)43(30-13-5-2-6-14-30)46-38-24-23-33(34-18-9-19-37(44(34)38)45(42)46)39-26-27-41(52-51-39)40-25-22-32-21-20-31-15-10-28-49-47(31)48(32)50-40/h1-28H. The van der Waals surface area contributed by atoms with Gasteiger partial charge in [-0.1, -0.05) is 140 Å². The van der Waals surface area contributed by atoms with Gasteiger partial charge in [0, 0.05) is 22.5 Å². The van der Waals surface area contributed by atoms with Crippen LogP contribution in [0.15, 0.2) is 170 Å². The summed E-state index contributed by atoms with van der Waals surface area (Å²) in [5, 5.41) is 16.6. The highest BCUT2D eigenvalue weighted by Crippen LogP contribution is 2.58. The molecular formula is C48H28N4. The lowest BCUT2D eigenvalue weighted by molar-refractivity contribution is 1.04. The summed E-state index contributed by atoms with van der Waals surface area (Å²) < 4.78 is 0. The van der Waals surface area contributed by atoms with E-state index in [0.717, 1.165) is 49.8 Å². The third-order valence-corrected chi connectivity index (χ3v) is 10.6. The van der Waals surface area contributed by atoms with E-state index in [1.54, 1.807) is 0 Å². The Labute approximate surface area is 299 Å². The van der Waals surface area contributed by atoms with Crippen molar-refractivity contribution in [2.45, 2.75) is 0 Å². The van der Waals surface area contributed by atoms with Crippen molar-refractivity contribution in [1.82, 2.24) is 20.2 Å². The lowest BCUT2D eigenvalue weighted by atomic mass is 9.82. The number of rotatable bonds is 4. The number of fused-ring (bicyclic) bond motifs is 7. The Kier molecular flexibility index (Phi) is 6.22. The molecule has 0 aliphatic heterocycles. The molecule has 4 nitrogen and oxygen atoms in total. The molecule has 0 saturated heterocycles. The van der Waals surface area contributed by atoms with Crippen molar-refractivity contribution in [3.05, 3.63) is 170 Å². The Morgan fingerprint density at radius 2 is 0.885 bits per heavy atom. The molecule has 0 N–H and O–H groups in total. The Bertz CT molecular complexity index is 2950. The third kappa shape index (κ3) is 4.21. The van der Waals surface area contributed by atoms with Crippen LogP contribution in [0.3, 0.4) is 0 Å². The predicted molar refractivity (Wildman–Crippen MR) is 214 cm³/mol. The van der Waals surface area contributed by atoms with E-state index in [9.17, 15) is 0 Å². The van der Waals surface area contributed by atoms with Crippen molar-refractivity contribution in [3.8, 4) is 67.2 Å². The van der Waals surface area contributed by atoms with Crippen LogP contribution < -0.4 is 0 Å². The van der Waals surface area contributed by atoms with Crippen LogP contribution >= 0.6 is 0 Å². The zero-order valence-corrected chi connectivity index (χ0v) is 28.0. The first-order valence-corrected chi connectivity index (χ1v) is 17.6. The van der Waals surface area contributed by atoms with Gasteiger partial charge in [-0.15, -0.1) is 10.2 Å². The highest BCUT2D eigenvalue weighted by atomic mass is 15.1. The van der Waals surface area contributed by atoms with Gasteiger partial charge >= 0.3 is 0 Å². The molecule has 0 amide bonds. The largest absolute Gasteiger partial charge is 0.254 e. The van der Waals surface area contributed by atoms with E-state index < -0.39 is 0 Å². The first-order valence-electron chi connectivity index (χ1n) is 17.6. The van der Waals surface area contributed by atoms with Gasteiger partial charge in [0.25, 0.3) is 0 Å². The summed E-state index contributed by atoms with van der Waals surface area (Å²) in [6.45, 7) is 0. The second kappa shape index (κ2) is 11.2. The zero-order valence-electron chi connectivity index (χ0n) is 28.0. The predicted octanol–water partition coefficient (Wildman–Crippen LogP) is 12.2. The molecule has 3 aromatic heterocycles. The van der Waals surface area contributed by atoms with Gasteiger partial charge in [0.05, 0.1) is 22.4 Å². The van der Waals surface area contributed by atoms with Gasteiger partial charge in [0.15, 0.2) is 0 Å². The van der Waals surface area contributed by atoms with Gasteiger partial charge in [-0.25, -0.2) is 4.98 Å². The van der Waals surface area contributed by atoms with Crippen molar-refractivity contribution in [2.75, 3.05) is 0 Å². The SMILES string of the molecule is c1ccc(-c2c3c(c(-c4ccccc4)c4ccccc24)-c2ccc(-c4ccc(-c5ccc6ccc7cccnc7c6n5)nn4)c4cccc-3c24)cc1. The van der Waals surface area contributed by atoms with Gasteiger partial charge in [-0.3, -0.25) is 4.98 Å². The minimum absolute atomic E-state index is 0.726. The van der Waals surface area contributed by atoms with Crippen molar-refractivity contribution >= 4 is 43.4 Å². The van der Waals surface area contributed by atoms with E-state index in [0.29, 0.717) is 0 Å². The molecule has 4 heteroatoms. The molecule has 1 aliphatic rings. The Morgan fingerprint density at radius 1 is 0.327 bits per heavy atom. The van der Waals surface area contributed by atoms with Crippen LogP contribution in [0.5, 0.6) is 0 Å². The van der Waals surface area contributed by atoms with Gasteiger partial charge in [0.2, 0.25) is 0 Å². The van der Waals surface area contributed by atoms with Gasteiger partial charge in [-0.05, 0) is 90.3 Å². The van der Waals surface area contributed by atoms with Gasteiger partial charge in [-0.2, -0.15) is 0 Å². The van der Waals surface area contributed by atoms with E-state index >= 15 is 0 Å². The van der Waals surface area contributed by atoms with Crippen LogP contribution in [0.2, 0.25) is 0 Å². The fraction of sp³-hybridized carbons (Fsp3) is 0. The summed E-state index contributed by atoms with van der Waals surface area (Å²) in [5.41, 5.74) is 15.2. The van der Waals surface area contributed by atoms with E-state index in [1.165, 1.54) is 60.7 Å². The van der Waals surface area contributed by atoms with Crippen molar-refractivity contribution in [2.24, 2.45) is 0 Å². The van der Waals surface area contributed by atoms with E-state index in [-0.39, 0.29) is 0 Å².